The molecule has 2 rings (SSSR count). The number of anilines is 1. The molecule has 1 aliphatic rings. The quantitative estimate of drug-likeness (QED) is 0.899. The average molecular weight is 278 g/mol. The van der Waals surface area contributed by atoms with Crippen LogP contribution in [0.4, 0.5) is 5.69 Å². The van der Waals surface area contributed by atoms with Gasteiger partial charge in [0.1, 0.15) is 0 Å². The molecule has 1 aromatic carbocycles. The van der Waals surface area contributed by atoms with Crippen molar-refractivity contribution >= 4 is 39.7 Å². The van der Waals surface area contributed by atoms with Gasteiger partial charge in [-0.3, -0.25) is 4.21 Å². The first-order valence-electron chi connectivity index (χ1n) is 5.22. The Balaban J connectivity index is 2.01. The second-order valence-electron chi connectivity index (χ2n) is 3.89. The first-order chi connectivity index (χ1) is 7.65. The Morgan fingerprint density at radius 1 is 1.25 bits per heavy atom. The molecule has 0 saturated carbocycles. The number of benzene rings is 1. The van der Waals surface area contributed by atoms with Crippen molar-refractivity contribution < 1.29 is 4.21 Å². The molecule has 0 unspecified atom stereocenters. The van der Waals surface area contributed by atoms with E-state index < -0.39 is 10.8 Å². The van der Waals surface area contributed by atoms with Crippen molar-refractivity contribution in [2.24, 2.45) is 0 Å². The highest BCUT2D eigenvalue weighted by Gasteiger charge is 2.18. The Kier molecular flexibility index (Phi) is 4.11. The van der Waals surface area contributed by atoms with Crippen LogP contribution < -0.4 is 5.32 Å². The molecule has 16 heavy (non-hydrogen) atoms. The lowest BCUT2D eigenvalue weighted by molar-refractivity contribution is 0.624. The third-order valence-electron chi connectivity index (χ3n) is 2.68. The largest absolute Gasteiger partial charge is 0.381 e. The zero-order chi connectivity index (χ0) is 11.5. The molecule has 1 aromatic rings. The average Bonchev–Trinajstić information content (AvgIpc) is 2.25. The second kappa shape index (κ2) is 5.39. The summed E-state index contributed by atoms with van der Waals surface area (Å²) in [6.45, 7) is 0. The zero-order valence-corrected chi connectivity index (χ0v) is 11.0. The smallest absolute Gasteiger partial charge is 0.0652 e. The van der Waals surface area contributed by atoms with Crippen molar-refractivity contribution in [2.45, 2.75) is 18.9 Å². The molecule has 2 nitrogen and oxygen atoms in total. The molecular weight excluding hydrogens is 265 g/mol. The lowest BCUT2D eigenvalue weighted by Gasteiger charge is -2.24. The summed E-state index contributed by atoms with van der Waals surface area (Å²) < 4.78 is 11.2. The third kappa shape index (κ3) is 3.12. The van der Waals surface area contributed by atoms with E-state index in [2.05, 4.69) is 5.32 Å². The summed E-state index contributed by atoms with van der Waals surface area (Å²) in [5.41, 5.74) is 0.906. The van der Waals surface area contributed by atoms with Gasteiger partial charge in [-0.25, -0.2) is 0 Å². The molecule has 1 saturated heterocycles. The van der Waals surface area contributed by atoms with Crippen LogP contribution in [0.5, 0.6) is 0 Å². The van der Waals surface area contributed by atoms with Crippen molar-refractivity contribution in [1.82, 2.24) is 0 Å². The first kappa shape index (κ1) is 12.2. The third-order valence-corrected chi connectivity index (χ3v) is 4.61. The van der Waals surface area contributed by atoms with Crippen LogP contribution in [0.1, 0.15) is 12.8 Å². The maximum atomic E-state index is 11.2. The normalized spacial score (nSPS) is 25.4. The Hall–Kier alpha value is -0.250. The van der Waals surface area contributed by atoms with Gasteiger partial charge in [0.05, 0.1) is 10.7 Å². The molecule has 1 heterocycles. The van der Waals surface area contributed by atoms with Gasteiger partial charge in [-0.1, -0.05) is 23.2 Å². The molecule has 1 N–H and O–H groups in total. The molecule has 1 aliphatic heterocycles. The predicted octanol–water partition coefficient (Wildman–Crippen LogP) is 3.32. The molecule has 0 atom stereocenters. The topological polar surface area (TPSA) is 29.1 Å². The summed E-state index contributed by atoms with van der Waals surface area (Å²) in [5.74, 6) is 1.56. The Morgan fingerprint density at radius 3 is 2.56 bits per heavy atom. The van der Waals surface area contributed by atoms with Gasteiger partial charge in [0.2, 0.25) is 0 Å². The summed E-state index contributed by atoms with van der Waals surface area (Å²) in [5, 5.41) is 4.65. The van der Waals surface area contributed by atoms with E-state index in [1.54, 1.807) is 6.07 Å². The van der Waals surface area contributed by atoms with Crippen molar-refractivity contribution in [1.29, 1.82) is 0 Å². The van der Waals surface area contributed by atoms with E-state index in [0.29, 0.717) is 16.1 Å². The van der Waals surface area contributed by atoms with E-state index in [0.717, 1.165) is 30.0 Å². The van der Waals surface area contributed by atoms with Gasteiger partial charge < -0.3 is 5.32 Å². The van der Waals surface area contributed by atoms with Gasteiger partial charge in [0.25, 0.3) is 0 Å². The SMILES string of the molecule is O=S1CCC(Nc2ccc(Cl)cc2Cl)CC1. The molecule has 5 heteroatoms. The summed E-state index contributed by atoms with van der Waals surface area (Å²) in [7, 11) is -0.622. The molecule has 0 amide bonds. The van der Waals surface area contributed by atoms with E-state index in [1.807, 2.05) is 12.1 Å². The number of hydrogen-bond acceptors (Lipinski definition) is 2. The minimum absolute atomic E-state index is 0.372. The van der Waals surface area contributed by atoms with Crippen molar-refractivity contribution in [3.8, 4) is 0 Å². The fourth-order valence-corrected chi connectivity index (χ4v) is 3.53. The van der Waals surface area contributed by atoms with Gasteiger partial charge in [-0.05, 0) is 31.0 Å². The van der Waals surface area contributed by atoms with E-state index >= 15 is 0 Å². The number of hydrogen-bond donors (Lipinski definition) is 1. The summed E-state index contributed by atoms with van der Waals surface area (Å²) in [4.78, 5) is 0. The minimum Gasteiger partial charge on any atom is -0.381 e. The summed E-state index contributed by atoms with van der Waals surface area (Å²) in [6, 6.07) is 5.80. The van der Waals surface area contributed by atoms with Crippen molar-refractivity contribution in [3.63, 3.8) is 0 Å². The highest BCUT2D eigenvalue weighted by Crippen LogP contribution is 2.27. The van der Waals surface area contributed by atoms with Crippen LogP contribution >= 0.6 is 23.2 Å². The maximum absolute atomic E-state index is 11.2. The van der Waals surface area contributed by atoms with Crippen LogP contribution in [-0.4, -0.2) is 21.8 Å². The van der Waals surface area contributed by atoms with Gasteiger partial charge in [0.15, 0.2) is 0 Å². The van der Waals surface area contributed by atoms with Crippen LogP contribution in [0.15, 0.2) is 18.2 Å². The van der Waals surface area contributed by atoms with Crippen molar-refractivity contribution in [3.05, 3.63) is 28.2 Å². The monoisotopic (exact) mass is 277 g/mol. The lowest BCUT2D eigenvalue weighted by atomic mass is 10.1. The predicted molar refractivity (Wildman–Crippen MR) is 71.0 cm³/mol. The van der Waals surface area contributed by atoms with E-state index in [1.165, 1.54) is 0 Å². The highest BCUT2D eigenvalue weighted by molar-refractivity contribution is 7.85. The number of halogens is 2. The molecule has 0 bridgehead atoms. The Labute approximate surface area is 108 Å². The van der Waals surface area contributed by atoms with Crippen molar-refractivity contribution in [2.75, 3.05) is 16.8 Å². The fraction of sp³-hybridized carbons (Fsp3) is 0.455. The maximum Gasteiger partial charge on any atom is 0.0652 e. The molecule has 0 radical (unpaired) electrons. The van der Waals surface area contributed by atoms with Crippen LogP contribution in [-0.2, 0) is 10.8 Å². The zero-order valence-electron chi connectivity index (χ0n) is 8.71. The minimum atomic E-state index is -0.622. The first-order valence-corrected chi connectivity index (χ1v) is 7.46. The highest BCUT2D eigenvalue weighted by atomic mass is 35.5. The van der Waals surface area contributed by atoms with E-state index in [4.69, 9.17) is 23.2 Å². The van der Waals surface area contributed by atoms with Gasteiger partial charge in [-0.15, -0.1) is 0 Å². The fourth-order valence-electron chi connectivity index (χ4n) is 1.76. The molecule has 1 fully saturated rings. The van der Waals surface area contributed by atoms with Gasteiger partial charge >= 0.3 is 0 Å². The molecule has 0 aliphatic carbocycles. The standard InChI is InChI=1S/C11H13Cl2NOS/c12-8-1-2-11(10(13)7-8)14-9-3-5-16(15)6-4-9/h1-2,7,9,14H,3-6H2. The molecule has 0 spiro atoms. The van der Waals surface area contributed by atoms with Crippen LogP contribution in [0.25, 0.3) is 0 Å². The van der Waals surface area contributed by atoms with E-state index in [-0.39, 0.29) is 0 Å². The van der Waals surface area contributed by atoms with Gasteiger partial charge in [-0.2, -0.15) is 0 Å². The van der Waals surface area contributed by atoms with E-state index in [9.17, 15) is 4.21 Å². The molecule has 88 valence electrons. The second-order valence-corrected chi connectivity index (χ2v) is 6.43. The van der Waals surface area contributed by atoms with Crippen LogP contribution in [0, 0.1) is 0 Å². The molecular formula is C11H13Cl2NOS. The Morgan fingerprint density at radius 2 is 1.94 bits per heavy atom. The number of nitrogens with one attached hydrogen (secondary N) is 1. The lowest BCUT2D eigenvalue weighted by Crippen LogP contribution is -2.29. The van der Waals surface area contributed by atoms with Gasteiger partial charge in [0, 0.05) is 33.4 Å². The van der Waals surface area contributed by atoms with Crippen LogP contribution in [0.2, 0.25) is 10.0 Å². The number of rotatable bonds is 2. The Bertz CT molecular complexity index is 401. The summed E-state index contributed by atoms with van der Waals surface area (Å²) >= 11 is 11.9. The molecule has 0 aromatic heterocycles. The van der Waals surface area contributed by atoms with Crippen LogP contribution in [0.3, 0.4) is 0 Å². The summed E-state index contributed by atoms with van der Waals surface area (Å²) in [6.07, 6.45) is 1.87.